The Hall–Kier alpha value is -2.02. The van der Waals surface area contributed by atoms with Crippen molar-refractivity contribution in [2.75, 3.05) is 12.8 Å². The van der Waals surface area contributed by atoms with Crippen molar-refractivity contribution >= 4 is 17.7 Å². The Bertz CT molecular complexity index is 788. The Kier molecular flexibility index (Phi) is 6.77. The summed E-state index contributed by atoms with van der Waals surface area (Å²) in [4.78, 5) is 8.80. The number of hydrogen-bond acceptors (Lipinski definition) is 3. The van der Waals surface area contributed by atoms with Gasteiger partial charge in [0.2, 0.25) is 0 Å². The van der Waals surface area contributed by atoms with Gasteiger partial charge in [-0.15, -0.1) is 0 Å². The minimum atomic E-state index is -0.264. The monoisotopic (exact) mass is 389 g/mol. The van der Waals surface area contributed by atoms with E-state index in [2.05, 4.69) is 33.8 Å². The van der Waals surface area contributed by atoms with Crippen molar-refractivity contribution in [3.05, 3.63) is 47.8 Å². The van der Waals surface area contributed by atoms with E-state index in [0.717, 1.165) is 29.1 Å². The normalized spacial score (nSPS) is 20.1. The van der Waals surface area contributed by atoms with E-state index in [1.54, 1.807) is 29.1 Å². The van der Waals surface area contributed by atoms with Crippen LogP contribution in [0.1, 0.15) is 37.6 Å². The van der Waals surface area contributed by atoms with Crippen LogP contribution >= 0.6 is 11.8 Å². The van der Waals surface area contributed by atoms with E-state index in [0.29, 0.717) is 18.3 Å². The van der Waals surface area contributed by atoms with Gasteiger partial charge in [0.1, 0.15) is 11.6 Å². The molecule has 2 unspecified atom stereocenters. The molecule has 1 heterocycles. The molecule has 27 heavy (non-hydrogen) atoms. The van der Waals surface area contributed by atoms with Crippen molar-refractivity contribution in [1.82, 2.24) is 20.2 Å². The fraction of sp³-hybridized carbons (Fsp3) is 0.500. The molecule has 2 N–H and O–H groups in total. The van der Waals surface area contributed by atoms with Crippen LogP contribution in [0.15, 0.2) is 35.6 Å². The van der Waals surface area contributed by atoms with Crippen LogP contribution in [-0.2, 0) is 6.54 Å². The van der Waals surface area contributed by atoms with Crippen LogP contribution < -0.4 is 10.6 Å². The van der Waals surface area contributed by atoms with Crippen LogP contribution in [0, 0.1) is 12.7 Å². The molecule has 0 radical (unpaired) electrons. The lowest BCUT2D eigenvalue weighted by molar-refractivity contribution is 0.611. The molecular formula is C20H28FN5S. The predicted octanol–water partition coefficient (Wildman–Crippen LogP) is 3.66. The third-order valence-corrected chi connectivity index (χ3v) is 6.01. The number of rotatable bonds is 6. The first-order valence-corrected chi connectivity index (χ1v) is 10.8. The number of nitrogens with one attached hydrogen (secondary N) is 2. The van der Waals surface area contributed by atoms with Crippen molar-refractivity contribution in [3.63, 3.8) is 0 Å². The molecule has 5 nitrogen and oxygen atoms in total. The smallest absolute Gasteiger partial charge is 0.191 e. The molecule has 0 aliphatic heterocycles. The molecule has 0 amide bonds. The van der Waals surface area contributed by atoms with Gasteiger partial charge in [-0.2, -0.15) is 11.8 Å². The number of thioether (sulfide) groups is 1. The zero-order chi connectivity index (χ0) is 19.2. The van der Waals surface area contributed by atoms with Gasteiger partial charge in [0.15, 0.2) is 5.96 Å². The first-order chi connectivity index (χ1) is 13.1. The second kappa shape index (κ2) is 9.26. The van der Waals surface area contributed by atoms with Gasteiger partial charge >= 0.3 is 0 Å². The minimum absolute atomic E-state index is 0.264. The topological polar surface area (TPSA) is 54.2 Å². The predicted molar refractivity (Wildman–Crippen MR) is 111 cm³/mol. The summed E-state index contributed by atoms with van der Waals surface area (Å²) in [6.07, 6.45) is 9.20. The number of aryl methyl sites for hydroxylation is 1. The quantitative estimate of drug-likeness (QED) is 0.585. The van der Waals surface area contributed by atoms with Crippen LogP contribution in [0.5, 0.6) is 0 Å². The maximum Gasteiger partial charge on any atom is 0.191 e. The first-order valence-electron chi connectivity index (χ1n) is 9.47. The number of guanidine groups is 1. The molecule has 1 fully saturated rings. The Balaban J connectivity index is 1.67. The summed E-state index contributed by atoms with van der Waals surface area (Å²) >= 11 is 1.94. The van der Waals surface area contributed by atoms with E-state index in [1.165, 1.54) is 19.3 Å². The lowest BCUT2D eigenvalue weighted by Gasteiger charge is -2.17. The number of nitrogens with zero attached hydrogens (tertiary/aromatic N) is 3. The number of benzene rings is 1. The lowest BCUT2D eigenvalue weighted by Crippen LogP contribution is -2.42. The minimum Gasteiger partial charge on any atom is -0.357 e. The molecule has 1 aromatic heterocycles. The number of aliphatic imine (C=N–C) groups is 1. The van der Waals surface area contributed by atoms with E-state index in [-0.39, 0.29) is 5.82 Å². The number of halogens is 1. The highest BCUT2D eigenvalue weighted by Gasteiger charge is 2.24. The average molecular weight is 390 g/mol. The molecule has 0 spiro atoms. The van der Waals surface area contributed by atoms with Gasteiger partial charge in [-0.1, -0.05) is 6.07 Å². The molecule has 1 aliphatic carbocycles. The Morgan fingerprint density at radius 3 is 2.89 bits per heavy atom. The van der Waals surface area contributed by atoms with Gasteiger partial charge in [-0.05, 0) is 57.1 Å². The summed E-state index contributed by atoms with van der Waals surface area (Å²) in [6.45, 7) is 5.15. The van der Waals surface area contributed by atoms with Crippen molar-refractivity contribution in [2.24, 2.45) is 4.99 Å². The van der Waals surface area contributed by atoms with Gasteiger partial charge in [-0.25, -0.2) is 14.4 Å². The fourth-order valence-electron chi connectivity index (χ4n) is 3.45. The maximum absolute atomic E-state index is 14.5. The Morgan fingerprint density at radius 2 is 2.26 bits per heavy atom. The van der Waals surface area contributed by atoms with Crippen molar-refractivity contribution in [3.8, 4) is 5.69 Å². The van der Waals surface area contributed by atoms with Gasteiger partial charge in [-0.3, -0.25) is 0 Å². The van der Waals surface area contributed by atoms with E-state index < -0.39 is 0 Å². The van der Waals surface area contributed by atoms with Gasteiger partial charge in [0.05, 0.1) is 12.2 Å². The molecule has 146 valence electrons. The van der Waals surface area contributed by atoms with Crippen molar-refractivity contribution in [2.45, 2.75) is 50.9 Å². The number of aromatic nitrogens is 2. The van der Waals surface area contributed by atoms with Gasteiger partial charge in [0.25, 0.3) is 0 Å². The van der Waals surface area contributed by atoms with E-state index in [9.17, 15) is 4.39 Å². The number of imidazole rings is 1. The van der Waals surface area contributed by atoms with Crippen LogP contribution in [0.3, 0.4) is 0 Å². The highest BCUT2D eigenvalue weighted by atomic mass is 32.2. The maximum atomic E-state index is 14.5. The van der Waals surface area contributed by atoms with Crippen LogP contribution in [0.25, 0.3) is 5.69 Å². The fourth-order valence-corrected chi connectivity index (χ4v) is 4.24. The number of hydrogen-bond donors (Lipinski definition) is 2. The largest absolute Gasteiger partial charge is 0.357 e. The molecule has 1 aromatic carbocycles. The molecule has 1 saturated carbocycles. The third kappa shape index (κ3) is 5.03. The van der Waals surface area contributed by atoms with Gasteiger partial charge < -0.3 is 15.2 Å². The molecule has 2 aromatic rings. The Morgan fingerprint density at radius 1 is 1.41 bits per heavy atom. The molecule has 3 rings (SSSR count). The molecule has 2 atom stereocenters. The average Bonchev–Trinajstić information content (AvgIpc) is 3.29. The second-order valence-corrected chi connectivity index (χ2v) is 7.98. The van der Waals surface area contributed by atoms with Crippen LogP contribution in [0.2, 0.25) is 0 Å². The van der Waals surface area contributed by atoms with Crippen LogP contribution in [0.4, 0.5) is 4.39 Å². The summed E-state index contributed by atoms with van der Waals surface area (Å²) in [6, 6.07) is 5.73. The zero-order valence-corrected chi connectivity index (χ0v) is 17.0. The molecule has 0 saturated heterocycles. The lowest BCUT2D eigenvalue weighted by atomic mass is 10.2. The van der Waals surface area contributed by atoms with E-state index in [1.807, 2.05) is 24.8 Å². The third-order valence-electron chi connectivity index (χ3n) is 4.92. The Labute approximate surface area is 164 Å². The van der Waals surface area contributed by atoms with E-state index in [4.69, 9.17) is 0 Å². The van der Waals surface area contributed by atoms with Gasteiger partial charge in [0, 0.05) is 30.2 Å². The summed E-state index contributed by atoms with van der Waals surface area (Å²) in [5.74, 6) is 1.30. The summed E-state index contributed by atoms with van der Waals surface area (Å²) in [5, 5.41) is 7.56. The molecule has 1 aliphatic rings. The van der Waals surface area contributed by atoms with Crippen molar-refractivity contribution in [1.29, 1.82) is 0 Å². The highest BCUT2D eigenvalue weighted by Crippen LogP contribution is 2.28. The summed E-state index contributed by atoms with van der Waals surface area (Å²) < 4.78 is 16.3. The molecule has 7 heteroatoms. The SMILES string of the molecule is CCNC(=NCc1ccc(-n2ccnc2C)c(F)c1)NC1CCC(SC)C1. The van der Waals surface area contributed by atoms with Crippen LogP contribution in [-0.4, -0.2) is 39.6 Å². The van der Waals surface area contributed by atoms with E-state index >= 15 is 0 Å². The molecular weight excluding hydrogens is 361 g/mol. The highest BCUT2D eigenvalue weighted by molar-refractivity contribution is 7.99. The zero-order valence-electron chi connectivity index (χ0n) is 16.2. The molecule has 0 bridgehead atoms. The summed E-state index contributed by atoms with van der Waals surface area (Å²) in [7, 11) is 0. The van der Waals surface area contributed by atoms with Crippen molar-refractivity contribution < 1.29 is 4.39 Å². The second-order valence-electron chi connectivity index (χ2n) is 6.84. The first kappa shape index (κ1) is 19.7. The standard InChI is InChI=1S/C20H28FN5S/c1-4-22-20(25-16-6-7-17(12-16)27-3)24-13-15-5-8-19(18(21)11-15)26-10-9-23-14(26)2/h5,8-11,16-17H,4,6-7,12-13H2,1-3H3,(H2,22,24,25). The summed E-state index contributed by atoms with van der Waals surface area (Å²) in [5.41, 5.74) is 1.36.